The Kier molecular flexibility index (Phi) is 4.53. The van der Waals surface area contributed by atoms with Crippen LogP contribution in [0.15, 0.2) is 5.10 Å². The Balaban J connectivity index is 2.85. The van der Waals surface area contributed by atoms with Gasteiger partial charge in [0.1, 0.15) is 0 Å². The van der Waals surface area contributed by atoms with Gasteiger partial charge in [0, 0.05) is 0 Å². The topological polar surface area (TPSA) is 87.9 Å². The summed E-state index contributed by atoms with van der Waals surface area (Å²) in [7, 11) is -4.63. The molecule has 0 amide bonds. The lowest BCUT2D eigenvalue weighted by Crippen LogP contribution is -2.53. The van der Waals surface area contributed by atoms with Crippen molar-refractivity contribution >= 4 is 15.9 Å². The van der Waals surface area contributed by atoms with Crippen LogP contribution in [0.2, 0.25) is 0 Å². The first-order chi connectivity index (χ1) is 9.14. The molecule has 0 aromatic heterocycles. The molecule has 0 aromatic rings. The Labute approximate surface area is 121 Å². The summed E-state index contributed by atoms with van der Waals surface area (Å²) in [6.45, 7) is 7.61. The van der Waals surface area contributed by atoms with Crippen molar-refractivity contribution in [1.82, 2.24) is 15.4 Å². The number of hydrogen-bond acceptors (Lipinski definition) is 5. The van der Waals surface area contributed by atoms with E-state index in [9.17, 15) is 21.6 Å². The lowest BCUT2D eigenvalue weighted by Gasteiger charge is -2.32. The first kappa shape index (κ1) is 18.0. The molecule has 1 heterocycles. The Morgan fingerprint density at radius 2 is 1.76 bits per heavy atom. The summed E-state index contributed by atoms with van der Waals surface area (Å²) < 4.78 is 59.2. The minimum Gasteiger partial charge on any atom is -0.385 e. The third kappa shape index (κ3) is 4.71. The van der Waals surface area contributed by atoms with Crippen LogP contribution < -0.4 is 10.3 Å². The highest BCUT2D eigenvalue weighted by molar-refractivity contribution is 7.90. The molecule has 0 saturated carbocycles. The summed E-state index contributed by atoms with van der Waals surface area (Å²) in [5.41, 5.74) is 6.04. The predicted molar refractivity (Wildman–Crippen MR) is 72.3 cm³/mol. The van der Waals surface area contributed by atoms with Gasteiger partial charge in [-0.15, -0.1) is 4.72 Å². The average molecular weight is 330 g/mol. The molecule has 0 radical (unpaired) electrons. The van der Waals surface area contributed by atoms with Crippen LogP contribution >= 0.6 is 0 Å². The van der Waals surface area contributed by atoms with Gasteiger partial charge in [-0.3, -0.25) is 0 Å². The molecule has 21 heavy (non-hydrogen) atoms. The molecule has 2 N–H and O–H groups in total. The number of sulfonamides is 1. The van der Waals surface area contributed by atoms with Crippen LogP contribution in [0.3, 0.4) is 0 Å². The monoisotopic (exact) mass is 330 g/mol. The van der Waals surface area contributed by atoms with E-state index in [-0.39, 0.29) is 12.0 Å². The number of halogens is 3. The number of nitrogens with zero attached hydrogens (tertiary/aromatic N) is 3. The fourth-order valence-electron chi connectivity index (χ4n) is 1.39. The zero-order valence-corrected chi connectivity index (χ0v) is 13.2. The van der Waals surface area contributed by atoms with Gasteiger partial charge in [0.05, 0.1) is 11.3 Å². The number of hydrogen-bond donors (Lipinski definition) is 2. The zero-order valence-electron chi connectivity index (χ0n) is 12.4. The van der Waals surface area contributed by atoms with E-state index in [1.165, 1.54) is 13.8 Å². The molecule has 1 aliphatic rings. The van der Waals surface area contributed by atoms with Crippen molar-refractivity contribution in [3.05, 3.63) is 5.43 Å². The molecule has 0 fully saturated rings. The number of hydrazine groups is 1. The molecule has 0 saturated heterocycles. The molecule has 0 unspecified atom stereocenters. The Morgan fingerprint density at radius 3 is 2.14 bits per heavy atom. The summed E-state index contributed by atoms with van der Waals surface area (Å²) in [5, 5.41) is 5.16. The van der Waals surface area contributed by atoms with E-state index in [1.807, 2.05) is 20.8 Å². The minimum absolute atomic E-state index is 0.304. The molecule has 7 nitrogen and oxygen atoms in total. The van der Waals surface area contributed by atoms with Crippen molar-refractivity contribution in [3.8, 4) is 0 Å². The van der Waals surface area contributed by atoms with Gasteiger partial charge in [0.25, 0.3) is 0 Å². The summed E-state index contributed by atoms with van der Waals surface area (Å²) in [6, 6.07) is 0. The van der Waals surface area contributed by atoms with Crippen LogP contribution in [0.25, 0.3) is 5.43 Å². The van der Waals surface area contributed by atoms with Crippen molar-refractivity contribution in [3.63, 3.8) is 0 Å². The average Bonchev–Trinajstić information content (AvgIpc) is 2.60. The van der Waals surface area contributed by atoms with E-state index >= 15 is 0 Å². The van der Waals surface area contributed by atoms with Crippen molar-refractivity contribution in [2.45, 2.75) is 45.7 Å². The molecule has 0 atom stereocenters. The van der Waals surface area contributed by atoms with Gasteiger partial charge in [-0.05, 0) is 25.1 Å². The van der Waals surface area contributed by atoms with E-state index < -0.39 is 21.1 Å². The smallest absolute Gasteiger partial charge is 0.385 e. The summed E-state index contributed by atoms with van der Waals surface area (Å²) in [4.78, 5) is 0. The second-order valence-electron chi connectivity index (χ2n) is 6.31. The number of rotatable bonds is 4. The second-order valence-corrected chi connectivity index (χ2v) is 8.62. The molecular weight excluding hydrogens is 311 g/mol. The van der Waals surface area contributed by atoms with Gasteiger partial charge < -0.3 is 15.6 Å². The first-order valence-corrected chi connectivity index (χ1v) is 7.56. The van der Waals surface area contributed by atoms with Gasteiger partial charge >= 0.3 is 6.30 Å². The van der Waals surface area contributed by atoms with Gasteiger partial charge in [-0.2, -0.15) is 13.2 Å². The summed E-state index contributed by atoms with van der Waals surface area (Å²) in [6.07, 6.45) is -5.02. The Bertz CT molecular complexity index is 522. The van der Waals surface area contributed by atoms with E-state index in [0.717, 1.165) is 5.12 Å². The van der Waals surface area contributed by atoms with Crippen molar-refractivity contribution in [2.75, 3.05) is 6.54 Å². The van der Waals surface area contributed by atoms with Crippen LogP contribution in [0.1, 0.15) is 34.6 Å². The fraction of sp³-hybridized carbons (Fsp3) is 0.900. The van der Waals surface area contributed by atoms with Crippen LogP contribution in [-0.4, -0.2) is 37.0 Å². The molecule has 1 rings (SSSR count). The molecule has 124 valence electrons. The third-order valence-corrected chi connectivity index (χ3v) is 4.75. The predicted octanol–water partition coefficient (Wildman–Crippen LogP) is 1.67. The maximum absolute atomic E-state index is 12.2. The molecule has 1 aliphatic heterocycles. The molecule has 0 aromatic carbocycles. The molecule has 0 aliphatic carbocycles. The molecular formula is C10H19F3N5O2S-. The third-order valence-electron chi connectivity index (χ3n) is 2.67. The fourth-order valence-corrected chi connectivity index (χ4v) is 2.26. The first-order valence-electron chi connectivity index (χ1n) is 6.07. The highest BCUT2D eigenvalue weighted by atomic mass is 32.2. The molecule has 11 heteroatoms. The van der Waals surface area contributed by atoms with E-state index in [1.54, 1.807) is 0 Å². The van der Waals surface area contributed by atoms with E-state index in [2.05, 4.69) is 16.1 Å². The maximum Gasteiger partial charge on any atom is 0.470 e. The highest BCUT2D eigenvalue weighted by Gasteiger charge is 2.43. The number of alkyl halides is 3. The number of hydrazone groups is 1. The van der Waals surface area contributed by atoms with Gasteiger partial charge in [0.2, 0.25) is 10.0 Å². The minimum atomic E-state index is -5.02. The van der Waals surface area contributed by atoms with Crippen LogP contribution in [-0.2, 0) is 10.0 Å². The van der Waals surface area contributed by atoms with Crippen molar-refractivity contribution in [1.29, 1.82) is 0 Å². The summed E-state index contributed by atoms with van der Waals surface area (Å²) >= 11 is 0. The Morgan fingerprint density at radius 1 is 1.24 bits per heavy atom. The largest absolute Gasteiger partial charge is 0.470 e. The lowest BCUT2D eigenvalue weighted by molar-refractivity contribution is -0.138. The quantitative estimate of drug-likeness (QED) is 0.768. The normalized spacial score (nSPS) is 17.7. The van der Waals surface area contributed by atoms with E-state index in [0.29, 0.717) is 10.6 Å². The number of amidine groups is 1. The van der Waals surface area contributed by atoms with Gasteiger partial charge in [-0.25, -0.2) is 14.0 Å². The SMILES string of the molecule is CC(C)(C)C1=NN(CC(C)(C)S(=O)(=O)NC(F)(F)F)N[N-]1. The van der Waals surface area contributed by atoms with Crippen LogP contribution in [0.5, 0.6) is 0 Å². The second kappa shape index (κ2) is 5.29. The number of nitrogens with one attached hydrogen (secondary N) is 2. The van der Waals surface area contributed by atoms with E-state index in [4.69, 9.17) is 0 Å². The van der Waals surface area contributed by atoms with Gasteiger partial charge in [-0.1, -0.05) is 20.8 Å². The van der Waals surface area contributed by atoms with Crippen LogP contribution in [0, 0.1) is 5.41 Å². The van der Waals surface area contributed by atoms with Gasteiger partial charge in [0.15, 0.2) is 0 Å². The standard InChI is InChI=1S/C10H19F3N5O2S/c1-8(2,3)7-14-17-18(15-7)6-9(4,5)21(19,20)16-10(11,12)13/h16-17H,6H2,1-5H3/q-1. The zero-order chi connectivity index (χ0) is 16.7. The van der Waals surface area contributed by atoms with Crippen LogP contribution in [0.4, 0.5) is 13.2 Å². The summed E-state index contributed by atoms with van der Waals surface area (Å²) in [5.74, 6) is 0.430. The molecule has 0 spiro atoms. The highest BCUT2D eigenvalue weighted by Crippen LogP contribution is 2.26. The van der Waals surface area contributed by atoms with Crippen molar-refractivity contribution < 1.29 is 21.6 Å². The maximum atomic E-state index is 12.2. The molecule has 0 bridgehead atoms. The van der Waals surface area contributed by atoms with Crippen molar-refractivity contribution in [2.24, 2.45) is 10.5 Å². The lowest BCUT2D eigenvalue weighted by atomic mass is 9.95. The Hall–Kier alpha value is -1.07.